The van der Waals surface area contributed by atoms with Crippen LogP contribution in [-0.4, -0.2) is 27.9 Å². The molecule has 1 saturated carbocycles. The van der Waals surface area contributed by atoms with Crippen molar-refractivity contribution in [3.63, 3.8) is 0 Å². The summed E-state index contributed by atoms with van der Waals surface area (Å²) in [4.78, 5) is 35.6. The summed E-state index contributed by atoms with van der Waals surface area (Å²) in [7, 11) is 1.48. The van der Waals surface area contributed by atoms with E-state index in [1.54, 1.807) is 17.4 Å². The third kappa shape index (κ3) is 3.79. The predicted octanol–water partition coefficient (Wildman–Crippen LogP) is 2.80. The Balaban J connectivity index is 1.72. The third-order valence-corrected chi connectivity index (χ3v) is 5.32. The molecule has 24 heavy (non-hydrogen) atoms. The Kier molecular flexibility index (Phi) is 5.20. The second-order valence-electron chi connectivity index (χ2n) is 5.86. The summed E-state index contributed by atoms with van der Waals surface area (Å²) in [6.07, 6.45) is 13.1. The van der Waals surface area contributed by atoms with Crippen LogP contribution in [0.1, 0.15) is 64.1 Å². The lowest BCUT2D eigenvalue weighted by atomic mass is 9.90. The maximum Gasteiger partial charge on any atom is 0.263 e. The van der Waals surface area contributed by atoms with Gasteiger partial charge in [-0.1, -0.05) is 19.3 Å². The number of aromatic nitrogens is 3. The van der Waals surface area contributed by atoms with E-state index in [2.05, 4.69) is 20.3 Å². The molecule has 0 saturated heterocycles. The zero-order chi connectivity index (χ0) is 16.9. The molecular formula is C17H20N4O2S. The molecule has 0 atom stereocenters. The molecule has 0 aromatic carbocycles. The molecule has 2 N–H and O–H groups in total. The second kappa shape index (κ2) is 7.53. The first-order valence-electron chi connectivity index (χ1n) is 8.12. The Morgan fingerprint density at radius 3 is 2.75 bits per heavy atom. The van der Waals surface area contributed by atoms with E-state index < -0.39 is 11.5 Å². The van der Waals surface area contributed by atoms with Gasteiger partial charge >= 0.3 is 0 Å². The van der Waals surface area contributed by atoms with E-state index in [0.717, 1.165) is 4.88 Å². The average Bonchev–Trinajstić information content (AvgIpc) is 3.09. The molecule has 1 aliphatic carbocycles. The van der Waals surface area contributed by atoms with E-state index in [1.807, 2.05) is 12.3 Å². The van der Waals surface area contributed by atoms with Crippen molar-refractivity contribution in [2.45, 2.75) is 38.0 Å². The number of nitrogens with zero attached hydrogens (tertiary/aromatic N) is 2. The first-order valence-corrected chi connectivity index (χ1v) is 8.94. The first kappa shape index (κ1) is 16.6. The average molecular weight is 344 g/mol. The van der Waals surface area contributed by atoms with Crippen LogP contribution < -0.4 is 10.9 Å². The van der Waals surface area contributed by atoms with Crippen molar-refractivity contribution in [2.75, 3.05) is 7.05 Å². The number of aromatic amines is 1. The van der Waals surface area contributed by atoms with Gasteiger partial charge < -0.3 is 10.3 Å². The molecule has 2 heterocycles. The highest BCUT2D eigenvalue weighted by atomic mass is 32.1. The number of carbonyl (C=O) groups excluding carboxylic acids is 1. The number of rotatable bonds is 4. The van der Waals surface area contributed by atoms with Crippen molar-refractivity contribution < 1.29 is 4.79 Å². The van der Waals surface area contributed by atoms with Gasteiger partial charge in [-0.25, -0.2) is 9.97 Å². The van der Waals surface area contributed by atoms with Crippen LogP contribution in [0.15, 0.2) is 17.2 Å². The van der Waals surface area contributed by atoms with Gasteiger partial charge in [0, 0.05) is 30.2 Å². The Bertz CT molecular complexity index is 803. The molecule has 1 fully saturated rings. The van der Waals surface area contributed by atoms with E-state index in [4.69, 9.17) is 0 Å². The minimum Gasteiger partial charge on any atom is -0.355 e. The lowest BCUT2D eigenvalue weighted by Crippen LogP contribution is -2.27. The lowest BCUT2D eigenvalue weighted by molar-refractivity contribution is 0.0961. The third-order valence-electron chi connectivity index (χ3n) is 4.19. The predicted molar refractivity (Wildman–Crippen MR) is 95.1 cm³/mol. The SMILES string of the molecule is CNC(=O)c1cnc(/C=C/c2cnc(C3CCCCC3)s2)[nH]c1=O. The number of nitrogens with one attached hydrogen (secondary N) is 2. The number of thiazole rings is 1. The van der Waals surface area contributed by atoms with Crippen molar-refractivity contribution >= 4 is 29.4 Å². The summed E-state index contributed by atoms with van der Waals surface area (Å²) in [5.41, 5.74) is -0.441. The van der Waals surface area contributed by atoms with Crippen molar-refractivity contribution in [2.24, 2.45) is 0 Å². The highest BCUT2D eigenvalue weighted by molar-refractivity contribution is 7.12. The molecule has 2 aromatic heterocycles. The summed E-state index contributed by atoms with van der Waals surface area (Å²) in [6, 6.07) is 0. The number of H-pyrrole nitrogens is 1. The van der Waals surface area contributed by atoms with E-state index in [1.165, 1.54) is 50.4 Å². The Hall–Kier alpha value is -2.28. The molecule has 3 rings (SSSR count). The van der Waals surface area contributed by atoms with Crippen molar-refractivity contribution in [3.05, 3.63) is 44.0 Å². The van der Waals surface area contributed by atoms with Gasteiger partial charge in [-0.15, -0.1) is 11.3 Å². The molecule has 0 spiro atoms. The van der Waals surface area contributed by atoms with Crippen molar-refractivity contribution in [1.82, 2.24) is 20.3 Å². The van der Waals surface area contributed by atoms with Gasteiger partial charge in [-0.2, -0.15) is 0 Å². The molecule has 0 unspecified atom stereocenters. The molecule has 0 bridgehead atoms. The first-order chi connectivity index (χ1) is 11.7. The minimum absolute atomic E-state index is 0.00650. The van der Waals surface area contributed by atoms with Gasteiger partial charge in [0.15, 0.2) is 0 Å². The fourth-order valence-corrected chi connectivity index (χ4v) is 3.86. The smallest absolute Gasteiger partial charge is 0.263 e. The topological polar surface area (TPSA) is 87.7 Å². The van der Waals surface area contributed by atoms with E-state index in [0.29, 0.717) is 11.7 Å². The number of hydrogen-bond acceptors (Lipinski definition) is 5. The van der Waals surface area contributed by atoms with Crippen LogP contribution in [0.2, 0.25) is 0 Å². The Morgan fingerprint density at radius 1 is 1.25 bits per heavy atom. The molecule has 0 radical (unpaired) electrons. The molecule has 1 aliphatic rings. The fraction of sp³-hybridized carbons (Fsp3) is 0.412. The molecule has 6 nitrogen and oxygen atoms in total. The summed E-state index contributed by atoms with van der Waals surface area (Å²) in [5, 5.41) is 3.61. The van der Waals surface area contributed by atoms with Gasteiger partial charge in [0.1, 0.15) is 11.4 Å². The second-order valence-corrected chi connectivity index (χ2v) is 6.95. The highest BCUT2D eigenvalue weighted by Gasteiger charge is 2.18. The van der Waals surface area contributed by atoms with Crippen LogP contribution in [0, 0.1) is 0 Å². The van der Waals surface area contributed by atoms with Gasteiger partial charge in [0.25, 0.3) is 11.5 Å². The maximum absolute atomic E-state index is 11.9. The molecule has 7 heteroatoms. The van der Waals surface area contributed by atoms with Crippen LogP contribution in [-0.2, 0) is 0 Å². The van der Waals surface area contributed by atoms with Crippen molar-refractivity contribution in [1.29, 1.82) is 0 Å². The van der Waals surface area contributed by atoms with Crippen LogP contribution in [0.25, 0.3) is 12.2 Å². The number of amides is 1. The maximum atomic E-state index is 11.9. The van der Waals surface area contributed by atoms with Crippen LogP contribution in [0.3, 0.4) is 0 Å². The summed E-state index contributed by atoms with van der Waals surface area (Å²) in [6.45, 7) is 0. The molecule has 0 aliphatic heterocycles. The van der Waals surface area contributed by atoms with Crippen LogP contribution in [0.4, 0.5) is 0 Å². The molecule has 2 aromatic rings. The number of carbonyl (C=O) groups is 1. The minimum atomic E-state index is -0.448. The molecule has 126 valence electrons. The van der Waals surface area contributed by atoms with E-state index >= 15 is 0 Å². The zero-order valence-electron chi connectivity index (χ0n) is 13.5. The Morgan fingerprint density at radius 2 is 2.04 bits per heavy atom. The summed E-state index contributed by atoms with van der Waals surface area (Å²) >= 11 is 1.69. The molecule has 1 amide bonds. The van der Waals surface area contributed by atoms with E-state index in [-0.39, 0.29) is 5.56 Å². The van der Waals surface area contributed by atoms with E-state index in [9.17, 15) is 9.59 Å². The van der Waals surface area contributed by atoms with Gasteiger partial charge in [-0.05, 0) is 25.0 Å². The largest absolute Gasteiger partial charge is 0.355 e. The lowest BCUT2D eigenvalue weighted by Gasteiger charge is -2.18. The zero-order valence-corrected chi connectivity index (χ0v) is 14.4. The van der Waals surface area contributed by atoms with Crippen LogP contribution >= 0.6 is 11.3 Å². The number of hydrogen-bond donors (Lipinski definition) is 2. The van der Waals surface area contributed by atoms with Gasteiger partial charge in [0.05, 0.1) is 5.01 Å². The van der Waals surface area contributed by atoms with Crippen LogP contribution in [0.5, 0.6) is 0 Å². The fourth-order valence-electron chi connectivity index (χ4n) is 2.87. The highest BCUT2D eigenvalue weighted by Crippen LogP contribution is 2.34. The van der Waals surface area contributed by atoms with Gasteiger partial charge in [0.2, 0.25) is 0 Å². The van der Waals surface area contributed by atoms with Crippen molar-refractivity contribution in [3.8, 4) is 0 Å². The van der Waals surface area contributed by atoms with Gasteiger partial charge in [-0.3, -0.25) is 9.59 Å². The Labute approximate surface area is 144 Å². The summed E-state index contributed by atoms with van der Waals surface area (Å²) < 4.78 is 0. The monoisotopic (exact) mass is 344 g/mol. The normalized spacial score (nSPS) is 15.7. The molecular weight excluding hydrogens is 324 g/mol. The quantitative estimate of drug-likeness (QED) is 0.893. The standard InChI is InChI=1S/C17H20N4O2S/c1-18-15(22)13-10-19-14(21-16(13)23)8-7-12-9-20-17(24-12)11-5-3-2-4-6-11/h7-11H,2-6H2,1H3,(H,18,22)(H,19,21,23)/b8-7+. The summed E-state index contributed by atoms with van der Waals surface area (Å²) in [5.74, 6) is 0.565.